The third-order valence-electron chi connectivity index (χ3n) is 4.18. The molecule has 1 aromatic rings. The van der Waals surface area contributed by atoms with Crippen molar-refractivity contribution in [3.63, 3.8) is 0 Å². The summed E-state index contributed by atoms with van der Waals surface area (Å²) in [6.45, 7) is 2.82. The van der Waals surface area contributed by atoms with Crippen molar-refractivity contribution >= 4 is 46.2 Å². The largest absolute Gasteiger partial charge is 0.378 e. The van der Waals surface area contributed by atoms with E-state index in [1.54, 1.807) is 23.1 Å². The van der Waals surface area contributed by atoms with Gasteiger partial charge < -0.3 is 9.64 Å². The second kappa shape index (κ2) is 8.75. The zero-order chi connectivity index (χ0) is 18.5. The quantitative estimate of drug-likeness (QED) is 0.568. The Morgan fingerprint density at radius 3 is 2.65 bits per heavy atom. The number of ether oxygens (including phenoxy) is 1. The predicted molar refractivity (Wildman–Crippen MR) is 103 cm³/mol. The van der Waals surface area contributed by atoms with Crippen molar-refractivity contribution < 1.29 is 18.7 Å². The third kappa shape index (κ3) is 4.69. The van der Waals surface area contributed by atoms with Gasteiger partial charge in [0, 0.05) is 26.1 Å². The maximum Gasteiger partial charge on any atom is 0.266 e. The average Bonchev–Trinajstić information content (AvgIpc) is 2.91. The Kier molecular flexibility index (Phi) is 6.39. The van der Waals surface area contributed by atoms with Crippen LogP contribution in [0.3, 0.4) is 0 Å². The molecule has 0 aliphatic carbocycles. The molecule has 8 heteroatoms. The summed E-state index contributed by atoms with van der Waals surface area (Å²) < 4.78 is 18.7. The molecule has 0 radical (unpaired) electrons. The number of hydrogen-bond acceptors (Lipinski definition) is 5. The highest BCUT2D eigenvalue weighted by Crippen LogP contribution is 2.32. The molecule has 2 amide bonds. The van der Waals surface area contributed by atoms with Gasteiger partial charge in [-0.05, 0) is 30.2 Å². The lowest BCUT2D eigenvalue weighted by Gasteiger charge is -2.27. The average molecular weight is 394 g/mol. The number of benzene rings is 1. The van der Waals surface area contributed by atoms with E-state index < -0.39 is 0 Å². The summed E-state index contributed by atoms with van der Waals surface area (Å²) >= 11 is 6.52. The smallest absolute Gasteiger partial charge is 0.266 e. The molecule has 0 unspecified atom stereocenters. The summed E-state index contributed by atoms with van der Waals surface area (Å²) in [5, 5.41) is 0. The number of thioether (sulfide) groups is 1. The monoisotopic (exact) mass is 394 g/mol. The van der Waals surface area contributed by atoms with E-state index in [9.17, 15) is 14.0 Å². The minimum absolute atomic E-state index is 0.0839. The number of thiocarbonyl (C=S) groups is 1. The van der Waals surface area contributed by atoms with Gasteiger partial charge in [0.25, 0.3) is 5.91 Å². The van der Waals surface area contributed by atoms with Gasteiger partial charge in [0.05, 0.1) is 18.1 Å². The zero-order valence-corrected chi connectivity index (χ0v) is 15.8. The van der Waals surface area contributed by atoms with E-state index in [4.69, 9.17) is 17.0 Å². The molecule has 0 spiro atoms. The van der Waals surface area contributed by atoms with Crippen LogP contribution in [0.15, 0.2) is 29.2 Å². The van der Waals surface area contributed by atoms with Crippen LogP contribution in [0.2, 0.25) is 0 Å². The van der Waals surface area contributed by atoms with E-state index in [1.807, 2.05) is 0 Å². The lowest BCUT2D eigenvalue weighted by Crippen LogP contribution is -2.41. The summed E-state index contributed by atoms with van der Waals surface area (Å²) in [6.07, 6.45) is 2.65. The molecular weight excluding hydrogens is 375 g/mol. The summed E-state index contributed by atoms with van der Waals surface area (Å²) in [5.74, 6) is -0.400. The van der Waals surface area contributed by atoms with Crippen molar-refractivity contribution in [2.75, 3.05) is 32.8 Å². The first-order valence-corrected chi connectivity index (χ1v) is 9.63. The number of amides is 2. The number of carbonyl (C=O) groups is 2. The molecule has 2 aliphatic rings. The Morgan fingerprint density at radius 1 is 1.27 bits per heavy atom. The Balaban J connectivity index is 1.53. The van der Waals surface area contributed by atoms with Gasteiger partial charge in [-0.1, -0.05) is 36.1 Å². The molecule has 2 heterocycles. The number of hydrogen-bond donors (Lipinski definition) is 0. The van der Waals surface area contributed by atoms with Crippen molar-refractivity contribution in [2.45, 2.75) is 12.8 Å². The van der Waals surface area contributed by atoms with Gasteiger partial charge in [-0.25, -0.2) is 4.39 Å². The molecule has 0 aromatic heterocycles. The highest BCUT2D eigenvalue weighted by molar-refractivity contribution is 8.26. The highest BCUT2D eigenvalue weighted by atomic mass is 32.2. The van der Waals surface area contributed by atoms with Crippen molar-refractivity contribution in [1.82, 2.24) is 9.80 Å². The Labute approximate surface area is 161 Å². The summed E-state index contributed by atoms with van der Waals surface area (Å²) in [5.41, 5.74) is 0.745. The van der Waals surface area contributed by atoms with Crippen LogP contribution in [0, 0.1) is 5.82 Å². The van der Waals surface area contributed by atoms with E-state index in [2.05, 4.69) is 0 Å². The van der Waals surface area contributed by atoms with Crippen molar-refractivity contribution in [2.24, 2.45) is 0 Å². The van der Waals surface area contributed by atoms with Crippen LogP contribution in [0.1, 0.15) is 18.4 Å². The maximum atomic E-state index is 13.0. The lowest BCUT2D eigenvalue weighted by molar-refractivity contribution is -0.135. The van der Waals surface area contributed by atoms with E-state index in [-0.39, 0.29) is 17.6 Å². The van der Waals surface area contributed by atoms with Crippen LogP contribution in [0.5, 0.6) is 0 Å². The molecule has 5 nitrogen and oxygen atoms in total. The van der Waals surface area contributed by atoms with E-state index >= 15 is 0 Å². The van der Waals surface area contributed by atoms with Crippen LogP contribution in [-0.2, 0) is 14.3 Å². The van der Waals surface area contributed by atoms with Crippen LogP contribution >= 0.6 is 24.0 Å². The molecule has 0 N–H and O–H groups in total. The standard InChI is InChI=1S/C18H19FN2O3S2/c19-14-5-3-13(4-6-14)12-15-17(23)21(18(25)26-15)7-1-2-16(22)20-8-10-24-11-9-20/h3-6,12H,1-2,7-11H2. The van der Waals surface area contributed by atoms with E-state index in [0.717, 1.165) is 5.56 Å². The first-order chi connectivity index (χ1) is 12.5. The summed E-state index contributed by atoms with van der Waals surface area (Å²) in [4.78, 5) is 28.5. The molecule has 2 fully saturated rings. The first kappa shape index (κ1) is 19.0. The number of carbonyl (C=O) groups excluding carboxylic acids is 2. The first-order valence-electron chi connectivity index (χ1n) is 8.41. The van der Waals surface area contributed by atoms with Gasteiger partial charge in [-0.2, -0.15) is 0 Å². The molecular formula is C18H19FN2O3S2. The molecule has 2 saturated heterocycles. The van der Waals surface area contributed by atoms with Crippen molar-refractivity contribution in [3.8, 4) is 0 Å². The van der Waals surface area contributed by atoms with Crippen molar-refractivity contribution in [1.29, 1.82) is 0 Å². The minimum atomic E-state index is -0.320. The number of rotatable bonds is 5. The minimum Gasteiger partial charge on any atom is -0.378 e. The lowest BCUT2D eigenvalue weighted by atomic mass is 10.2. The predicted octanol–water partition coefficient (Wildman–Crippen LogP) is 2.67. The van der Waals surface area contributed by atoms with Crippen LogP contribution in [-0.4, -0.2) is 58.8 Å². The summed E-state index contributed by atoms with van der Waals surface area (Å²) in [7, 11) is 0. The second-order valence-electron chi connectivity index (χ2n) is 5.98. The highest BCUT2D eigenvalue weighted by Gasteiger charge is 2.31. The van der Waals surface area contributed by atoms with E-state index in [0.29, 0.717) is 54.9 Å². The van der Waals surface area contributed by atoms with Gasteiger partial charge in [0.15, 0.2) is 0 Å². The fourth-order valence-corrected chi connectivity index (χ4v) is 4.07. The Morgan fingerprint density at radius 2 is 1.96 bits per heavy atom. The molecule has 1 aromatic carbocycles. The topological polar surface area (TPSA) is 49.9 Å². The fourth-order valence-electron chi connectivity index (χ4n) is 2.76. The van der Waals surface area contributed by atoms with Gasteiger partial charge in [0.2, 0.25) is 5.91 Å². The number of halogens is 1. The molecule has 0 bridgehead atoms. The van der Waals surface area contributed by atoms with Crippen LogP contribution < -0.4 is 0 Å². The second-order valence-corrected chi connectivity index (χ2v) is 7.66. The normalized spacial score (nSPS) is 19.5. The Bertz CT molecular complexity index is 730. The molecule has 0 saturated carbocycles. The van der Waals surface area contributed by atoms with Gasteiger partial charge in [-0.3, -0.25) is 14.5 Å². The van der Waals surface area contributed by atoms with Crippen LogP contribution in [0.4, 0.5) is 4.39 Å². The van der Waals surface area contributed by atoms with Crippen molar-refractivity contribution in [3.05, 3.63) is 40.6 Å². The SMILES string of the molecule is O=C(CCCN1C(=O)C(=Cc2ccc(F)cc2)SC1=S)N1CCOCC1. The summed E-state index contributed by atoms with van der Waals surface area (Å²) in [6, 6.07) is 5.93. The molecule has 2 aliphatic heterocycles. The molecule has 26 heavy (non-hydrogen) atoms. The van der Waals surface area contributed by atoms with Gasteiger partial charge in [0.1, 0.15) is 10.1 Å². The third-order valence-corrected chi connectivity index (χ3v) is 5.56. The van der Waals surface area contributed by atoms with Gasteiger partial charge in [-0.15, -0.1) is 0 Å². The van der Waals surface area contributed by atoms with Gasteiger partial charge >= 0.3 is 0 Å². The van der Waals surface area contributed by atoms with E-state index in [1.165, 1.54) is 28.8 Å². The Hall–Kier alpha value is -1.77. The zero-order valence-electron chi connectivity index (χ0n) is 14.2. The number of morpholine rings is 1. The van der Waals surface area contributed by atoms with Crippen LogP contribution in [0.25, 0.3) is 6.08 Å². The molecule has 138 valence electrons. The number of nitrogens with zero attached hydrogens (tertiary/aromatic N) is 2. The fraction of sp³-hybridized carbons (Fsp3) is 0.389. The maximum absolute atomic E-state index is 13.0. The molecule has 3 rings (SSSR count). The molecule has 0 atom stereocenters.